The summed E-state index contributed by atoms with van der Waals surface area (Å²) in [5.41, 5.74) is 10.8. The quantitative estimate of drug-likeness (QED) is 0.610. The van der Waals surface area contributed by atoms with Gasteiger partial charge in [-0.3, -0.25) is 9.59 Å². The number of hydrogen-bond acceptors (Lipinski definition) is 4. The van der Waals surface area contributed by atoms with Crippen molar-refractivity contribution in [3.8, 4) is 0 Å². The summed E-state index contributed by atoms with van der Waals surface area (Å²) in [6, 6.07) is 0. The molecule has 0 aromatic rings. The molecule has 0 saturated carbocycles. The van der Waals surface area contributed by atoms with E-state index in [-0.39, 0.29) is 36.4 Å². The van der Waals surface area contributed by atoms with Gasteiger partial charge in [-0.05, 0) is 0 Å². The summed E-state index contributed by atoms with van der Waals surface area (Å²) < 4.78 is 0. The number of carbonyl (C=O) groups excluding carboxylic acids is 2. The van der Waals surface area contributed by atoms with E-state index in [0.717, 1.165) is 0 Å². The average molecular weight is 200 g/mol. The Morgan fingerprint density at radius 3 is 2.07 bits per heavy atom. The summed E-state index contributed by atoms with van der Waals surface area (Å²) in [5.74, 6) is -0.398. The molecule has 0 aromatic carbocycles. The van der Waals surface area contributed by atoms with Crippen molar-refractivity contribution in [1.29, 1.82) is 0 Å². The fourth-order valence-corrected chi connectivity index (χ4v) is 1.19. The van der Waals surface area contributed by atoms with Gasteiger partial charge in [0, 0.05) is 37.8 Å². The van der Waals surface area contributed by atoms with Crippen LogP contribution in [0.1, 0.15) is 26.7 Å². The first-order valence-electron chi connectivity index (χ1n) is 5.02. The van der Waals surface area contributed by atoms with Gasteiger partial charge in [0.1, 0.15) is 11.6 Å². The molecule has 0 aliphatic rings. The number of ketones is 2. The summed E-state index contributed by atoms with van der Waals surface area (Å²) in [5, 5.41) is 0. The predicted octanol–water partition coefficient (Wildman–Crippen LogP) is 0.0944. The fraction of sp³-hybridized carbons (Fsp3) is 0.800. The van der Waals surface area contributed by atoms with Gasteiger partial charge in [0.2, 0.25) is 0 Å². The van der Waals surface area contributed by atoms with Gasteiger partial charge in [-0.1, -0.05) is 13.8 Å². The molecule has 2 atom stereocenters. The summed E-state index contributed by atoms with van der Waals surface area (Å²) in [6.45, 7) is 4.13. The Bertz CT molecular complexity index is 204. The maximum Gasteiger partial charge on any atom is 0.137 e. The Kier molecular flexibility index (Phi) is 6.32. The van der Waals surface area contributed by atoms with E-state index in [4.69, 9.17) is 11.5 Å². The van der Waals surface area contributed by atoms with Crippen LogP contribution in [0.2, 0.25) is 0 Å². The lowest BCUT2D eigenvalue weighted by atomic mass is 9.91. The average Bonchev–Trinajstić information content (AvgIpc) is 2.22. The van der Waals surface area contributed by atoms with Gasteiger partial charge >= 0.3 is 0 Å². The molecular formula is C10H20N2O2. The Morgan fingerprint density at radius 1 is 1.14 bits per heavy atom. The van der Waals surface area contributed by atoms with Crippen LogP contribution in [0.25, 0.3) is 0 Å². The molecule has 0 aliphatic heterocycles. The molecule has 14 heavy (non-hydrogen) atoms. The van der Waals surface area contributed by atoms with Crippen molar-refractivity contribution >= 4 is 11.6 Å². The van der Waals surface area contributed by atoms with Crippen LogP contribution in [-0.4, -0.2) is 24.7 Å². The van der Waals surface area contributed by atoms with Crippen molar-refractivity contribution in [1.82, 2.24) is 0 Å². The molecule has 4 N–H and O–H groups in total. The van der Waals surface area contributed by atoms with Crippen LogP contribution < -0.4 is 11.5 Å². The molecule has 0 bridgehead atoms. The molecule has 0 rings (SSSR count). The maximum atomic E-state index is 11.5. The van der Waals surface area contributed by atoms with Crippen LogP contribution in [-0.2, 0) is 9.59 Å². The van der Waals surface area contributed by atoms with E-state index in [1.165, 1.54) is 0 Å². The zero-order valence-corrected chi connectivity index (χ0v) is 8.95. The van der Waals surface area contributed by atoms with E-state index in [1.807, 2.05) is 0 Å². The predicted molar refractivity (Wildman–Crippen MR) is 55.7 cm³/mol. The lowest BCUT2D eigenvalue weighted by Crippen LogP contribution is -2.29. The third-order valence-corrected chi connectivity index (χ3v) is 2.44. The normalized spacial score (nSPS) is 14.9. The molecule has 0 aromatic heterocycles. The largest absolute Gasteiger partial charge is 0.330 e. The number of nitrogens with two attached hydrogens (primary N) is 2. The monoisotopic (exact) mass is 200 g/mol. The van der Waals surface area contributed by atoms with Crippen molar-refractivity contribution in [2.75, 3.05) is 13.1 Å². The second-order valence-corrected chi connectivity index (χ2v) is 3.56. The Balaban J connectivity index is 4.18. The highest BCUT2D eigenvalue weighted by Crippen LogP contribution is 2.10. The smallest absolute Gasteiger partial charge is 0.137 e. The van der Waals surface area contributed by atoms with Crippen molar-refractivity contribution in [3.05, 3.63) is 0 Å². The second kappa shape index (κ2) is 6.68. The van der Waals surface area contributed by atoms with Crippen LogP contribution in [0, 0.1) is 11.8 Å². The second-order valence-electron chi connectivity index (χ2n) is 3.56. The summed E-state index contributed by atoms with van der Waals surface area (Å²) in [7, 11) is 0. The third kappa shape index (κ3) is 3.98. The van der Waals surface area contributed by atoms with Crippen molar-refractivity contribution in [2.24, 2.45) is 23.3 Å². The summed E-state index contributed by atoms with van der Waals surface area (Å²) >= 11 is 0. The molecule has 82 valence electrons. The third-order valence-electron chi connectivity index (χ3n) is 2.44. The van der Waals surface area contributed by atoms with Crippen LogP contribution >= 0.6 is 0 Å². The summed E-state index contributed by atoms with van der Waals surface area (Å²) in [6.07, 6.45) is 0.674. The molecule has 0 spiro atoms. The first kappa shape index (κ1) is 13.3. The van der Waals surface area contributed by atoms with E-state index >= 15 is 0 Å². The first-order valence-corrected chi connectivity index (χ1v) is 5.02. The molecule has 4 heteroatoms. The molecule has 0 radical (unpaired) electrons. The molecular weight excluding hydrogens is 180 g/mol. The molecule has 0 fully saturated rings. The van der Waals surface area contributed by atoms with Gasteiger partial charge in [-0.2, -0.15) is 0 Å². The minimum Gasteiger partial charge on any atom is -0.330 e. The number of hydrogen-bond donors (Lipinski definition) is 2. The zero-order valence-electron chi connectivity index (χ0n) is 8.95. The van der Waals surface area contributed by atoms with Crippen molar-refractivity contribution < 1.29 is 9.59 Å². The number of Topliss-reactive ketones (excluding diaryl/α,β-unsaturated/α-hetero) is 2. The Labute approximate surface area is 85.0 Å². The molecule has 2 unspecified atom stereocenters. The zero-order chi connectivity index (χ0) is 11.1. The minimum atomic E-state index is -0.318. The van der Waals surface area contributed by atoms with Gasteiger partial charge in [-0.15, -0.1) is 0 Å². The van der Waals surface area contributed by atoms with Crippen molar-refractivity contribution in [3.63, 3.8) is 0 Å². The maximum absolute atomic E-state index is 11.5. The fourth-order valence-electron chi connectivity index (χ4n) is 1.19. The van der Waals surface area contributed by atoms with Crippen molar-refractivity contribution in [2.45, 2.75) is 26.7 Å². The lowest BCUT2D eigenvalue weighted by molar-refractivity contribution is -0.129. The first-order chi connectivity index (χ1) is 6.56. The van der Waals surface area contributed by atoms with Crippen LogP contribution in [0.4, 0.5) is 0 Å². The van der Waals surface area contributed by atoms with E-state index in [0.29, 0.717) is 13.0 Å². The summed E-state index contributed by atoms with van der Waals surface area (Å²) in [4.78, 5) is 22.8. The van der Waals surface area contributed by atoms with Gasteiger partial charge in [-0.25, -0.2) is 0 Å². The number of carbonyl (C=O) groups is 2. The van der Waals surface area contributed by atoms with Gasteiger partial charge in [0.05, 0.1) is 0 Å². The molecule has 0 heterocycles. The Morgan fingerprint density at radius 2 is 1.71 bits per heavy atom. The SMILES string of the molecule is CCC(=O)C(CN)CC(=O)C(C)CN. The minimum absolute atomic E-state index is 0.0322. The molecule has 0 amide bonds. The highest BCUT2D eigenvalue weighted by Gasteiger charge is 2.21. The standard InChI is InChI=1S/C10H20N2O2/c1-3-9(13)8(6-12)4-10(14)7(2)5-11/h7-8H,3-6,11-12H2,1-2H3. The van der Waals surface area contributed by atoms with Gasteiger partial charge in [0.25, 0.3) is 0 Å². The van der Waals surface area contributed by atoms with Crippen LogP contribution in [0.3, 0.4) is 0 Å². The van der Waals surface area contributed by atoms with Crippen LogP contribution in [0.5, 0.6) is 0 Å². The lowest BCUT2D eigenvalue weighted by Gasteiger charge is -2.14. The Hall–Kier alpha value is -0.740. The number of rotatable bonds is 7. The van der Waals surface area contributed by atoms with E-state index in [9.17, 15) is 9.59 Å². The molecule has 0 aliphatic carbocycles. The highest BCUT2D eigenvalue weighted by atomic mass is 16.1. The highest BCUT2D eigenvalue weighted by molar-refractivity contribution is 5.89. The van der Waals surface area contributed by atoms with Gasteiger partial charge in [0.15, 0.2) is 0 Å². The topological polar surface area (TPSA) is 86.2 Å². The van der Waals surface area contributed by atoms with Gasteiger partial charge < -0.3 is 11.5 Å². The van der Waals surface area contributed by atoms with E-state index in [2.05, 4.69) is 0 Å². The molecule has 0 saturated heterocycles. The van der Waals surface area contributed by atoms with E-state index in [1.54, 1.807) is 13.8 Å². The van der Waals surface area contributed by atoms with E-state index < -0.39 is 0 Å². The van der Waals surface area contributed by atoms with Crippen LogP contribution in [0.15, 0.2) is 0 Å². The molecule has 4 nitrogen and oxygen atoms in total.